The van der Waals surface area contributed by atoms with Crippen LogP contribution in [0.4, 0.5) is 0 Å². The first kappa shape index (κ1) is 21.6. The van der Waals surface area contributed by atoms with Crippen LogP contribution >= 0.6 is 11.3 Å². The third kappa shape index (κ3) is 4.65. The molecule has 4 rings (SSSR count). The van der Waals surface area contributed by atoms with Crippen molar-refractivity contribution in [3.8, 4) is 22.6 Å². The first-order valence-corrected chi connectivity index (χ1v) is 11.0. The largest absolute Gasteiger partial charge is 0.497 e. The third-order valence-electron chi connectivity index (χ3n) is 4.97. The Hall–Kier alpha value is -3.65. The number of thiophene rings is 1. The Kier molecular flexibility index (Phi) is 6.51. The number of aromatic nitrogens is 2. The lowest BCUT2D eigenvalue weighted by molar-refractivity contribution is -0.117. The molecule has 2 aromatic carbocycles. The van der Waals surface area contributed by atoms with Gasteiger partial charge in [0.25, 0.3) is 5.56 Å². The fourth-order valence-electron chi connectivity index (χ4n) is 3.42. The lowest BCUT2D eigenvalue weighted by atomic mass is 10.0. The zero-order chi connectivity index (χ0) is 22.5. The van der Waals surface area contributed by atoms with Crippen molar-refractivity contribution in [2.75, 3.05) is 19.1 Å². The molecule has 4 aromatic rings. The van der Waals surface area contributed by atoms with Gasteiger partial charge in [-0.05, 0) is 43.2 Å². The number of nitrogens with one attached hydrogen (secondary N) is 1. The van der Waals surface area contributed by atoms with Gasteiger partial charge in [0.1, 0.15) is 22.7 Å². The van der Waals surface area contributed by atoms with Crippen LogP contribution in [-0.4, -0.2) is 29.3 Å². The van der Waals surface area contributed by atoms with Gasteiger partial charge in [0.05, 0.1) is 19.1 Å². The molecule has 0 bridgehead atoms. The predicted octanol–water partition coefficient (Wildman–Crippen LogP) is 4.37. The summed E-state index contributed by atoms with van der Waals surface area (Å²) in [5.74, 6) is 1.18. The minimum Gasteiger partial charge on any atom is -0.497 e. The highest BCUT2D eigenvalue weighted by Gasteiger charge is 2.17. The summed E-state index contributed by atoms with van der Waals surface area (Å²) in [6.07, 6.45) is 2.09. The molecule has 0 spiro atoms. The fourth-order valence-corrected chi connectivity index (χ4v) is 4.42. The summed E-state index contributed by atoms with van der Waals surface area (Å²) in [7, 11) is 1.61. The second-order valence-electron chi connectivity index (χ2n) is 7.16. The van der Waals surface area contributed by atoms with Crippen LogP contribution in [0.25, 0.3) is 21.3 Å². The summed E-state index contributed by atoms with van der Waals surface area (Å²) < 4.78 is 11.9. The summed E-state index contributed by atoms with van der Waals surface area (Å²) in [4.78, 5) is 31.6. The molecule has 0 aliphatic rings. The standard InChI is InChI=1S/C24H23N3O4S/c1-16-21(17-7-4-3-5-8-17)22-23(32-16)25-15-27(24(22)29)26-20(28)9-6-14-31-19-12-10-18(30-2)11-13-19/h3-5,7-8,10-13,15H,6,9,14H2,1-2H3,(H,26,28). The minimum absolute atomic E-state index is 0.217. The van der Waals surface area contributed by atoms with Crippen molar-refractivity contribution < 1.29 is 14.3 Å². The van der Waals surface area contributed by atoms with E-state index in [0.717, 1.165) is 26.4 Å². The SMILES string of the molecule is COc1ccc(OCCCC(=O)Nn2cnc3sc(C)c(-c4ccccc4)c3c2=O)cc1. The smallest absolute Gasteiger partial charge is 0.281 e. The van der Waals surface area contributed by atoms with E-state index in [1.165, 1.54) is 17.7 Å². The highest BCUT2D eigenvalue weighted by Crippen LogP contribution is 2.35. The lowest BCUT2D eigenvalue weighted by Crippen LogP contribution is -2.33. The molecule has 0 aliphatic heterocycles. The summed E-state index contributed by atoms with van der Waals surface area (Å²) in [5.41, 5.74) is 4.16. The van der Waals surface area contributed by atoms with Crippen molar-refractivity contribution in [1.82, 2.24) is 9.66 Å². The molecular weight excluding hydrogens is 426 g/mol. The molecule has 2 aromatic heterocycles. The van der Waals surface area contributed by atoms with Crippen LogP contribution in [0.3, 0.4) is 0 Å². The lowest BCUT2D eigenvalue weighted by Gasteiger charge is -2.09. The molecule has 8 heteroatoms. The quantitative estimate of drug-likeness (QED) is 0.404. The molecule has 0 saturated carbocycles. The second-order valence-corrected chi connectivity index (χ2v) is 8.36. The number of amides is 1. The number of carbonyl (C=O) groups excluding carboxylic acids is 1. The highest BCUT2D eigenvalue weighted by molar-refractivity contribution is 7.19. The molecule has 0 saturated heterocycles. The Bertz CT molecular complexity index is 1280. The molecule has 0 fully saturated rings. The van der Waals surface area contributed by atoms with Crippen LogP contribution in [0.15, 0.2) is 65.7 Å². The number of methoxy groups -OCH3 is 1. The maximum atomic E-state index is 13.1. The van der Waals surface area contributed by atoms with Gasteiger partial charge >= 0.3 is 0 Å². The van der Waals surface area contributed by atoms with Crippen LogP contribution in [0.2, 0.25) is 0 Å². The maximum Gasteiger partial charge on any atom is 0.281 e. The average molecular weight is 450 g/mol. The minimum atomic E-state index is -0.291. The summed E-state index contributed by atoms with van der Waals surface area (Å²) in [6.45, 7) is 2.35. The van der Waals surface area contributed by atoms with Gasteiger partial charge < -0.3 is 9.47 Å². The van der Waals surface area contributed by atoms with E-state index >= 15 is 0 Å². The summed E-state index contributed by atoms with van der Waals surface area (Å²) in [6, 6.07) is 17.0. The Morgan fingerprint density at radius 2 is 1.81 bits per heavy atom. The van der Waals surface area contributed by atoms with Crippen molar-refractivity contribution in [1.29, 1.82) is 0 Å². The van der Waals surface area contributed by atoms with Gasteiger partial charge in [0, 0.05) is 16.9 Å². The van der Waals surface area contributed by atoms with Gasteiger partial charge in [-0.2, -0.15) is 0 Å². The average Bonchev–Trinajstić information content (AvgIpc) is 3.16. The second kappa shape index (κ2) is 9.65. The fraction of sp³-hybridized carbons (Fsp3) is 0.208. The molecule has 1 amide bonds. The number of nitrogens with zero attached hydrogens (tertiary/aromatic N) is 2. The molecule has 7 nitrogen and oxygen atoms in total. The molecule has 32 heavy (non-hydrogen) atoms. The van der Waals surface area contributed by atoms with E-state index in [-0.39, 0.29) is 17.9 Å². The Labute approximate surface area is 189 Å². The van der Waals surface area contributed by atoms with Crippen LogP contribution in [0.5, 0.6) is 11.5 Å². The Balaban J connectivity index is 1.42. The van der Waals surface area contributed by atoms with Crippen molar-refractivity contribution in [3.63, 3.8) is 0 Å². The monoisotopic (exact) mass is 449 g/mol. The van der Waals surface area contributed by atoms with Gasteiger partial charge in [-0.1, -0.05) is 30.3 Å². The molecule has 0 atom stereocenters. The zero-order valence-electron chi connectivity index (χ0n) is 17.8. The van der Waals surface area contributed by atoms with Crippen LogP contribution in [0, 0.1) is 6.92 Å². The number of rotatable bonds is 8. The predicted molar refractivity (Wildman–Crippen MR) is 126 cm³/mol. The van der Waals surface area contributed by atoms with Gasteiger partial charge in [0.2, 0.25) is 5.91 Å². The third-order valence-corrected chi connectivity index (χ3v) is 5.99. The molecule has 0 unspecified atom stereocenters. The van der Waals surface area contributed by atoms with E-state index in [0.29, 0.717) is 29.0 Å². The topological polar surface area (TPSA) is 82.4 Å². The molecule has 1 N–H and O–H groups in total. The number of benzene rings is 2. The first-order valence-electron chi connectivity index (χ1n) is 10.2. The van der Waals surface area contributed by atoms with Crippen LogP contribution < -0.4 is 20.5 Å². The number of hydrogen-bond acceptors (Lipinski definition) is 6. The number of hydrogen-bond donors (Lipinski definition) is 1. The van der Waals surface area contributed by atoms with E-state index in [4.69, 9.17) is 9.47 Å². The van der Waals surface area contributed by atoms with E-state index in [9.17, 15) is 9.59 Å². The van der Waals surface area contributed by atoms with Crippen LogP contribution in [0.1, 0.15) is 17.7 Å². The summed E-state index contributed by atoms with van der Waals surface area (Å²) in [5, 5.41) is 0.518. The number of ether oxygens (including phenoxy) is 2. The van der Waals surface area contributed by atoms with Crippen molar-refractivity contribution in [2.24, 2.45) is 0 Å². The van der Waals surface area contributed by atoms with Gasteiger partial charge in [-0.3, -0.25) is 15.0 Å². The van der Waals surface area contributed by atoms with Crippen molar-refractivity contribution >= 4 is 27.5 Å². The highest BCUT2D eigenvalue weighted by atomic mass is 32.1. The first-order chi connectivity index (χ1) is 15.6. The van der Waals surface area contributed by atoms with E-state index in [2.05, 4.69) is 10.4 Å². The van der Waals surface area contributed by atoms with Crippen molar-refractivity contribution in [2.45, 2.75) is 19.8 Å². The van der Waals surface area contributed by atoms with Gasteiger partial charge in [-0.25, -0.2) is 9.66 Å². The number of carbonyl (C=O) groups is 1. The van der Waals surface area contributed by atoms with E-state index in [1.54, 1.807) is 7.11 Å². The van der Waals surface area contributed by atoms with Crippen LogP contribution in [-0.2, 0) is 4.79 Å². The van der Waals surface area contributed by atoms with E-state index in [1.807, 2.05) is 61.5 Å². The molecule has 2 heterocycles. The van der Waals surface area contributed by atoms with Gasteiger partial charge in [-0.15, -0.1) is 11.3 Å². The Morgan fingerprint density at radius 3 is 2.53 bits per heavy atom. The summed E-state index contributed by atoms with van der Waals surface area (Å²) >= 11 is 1.47. The molecular formula is C24H23N3O4S. The molecule has 0 aliphatic carbocycles. The zero-order valence-corrected chi connectivity index (χ0v) is 18.6. The molecule has 0 radical (unpaired) electrons. The van der Waals surface area contributed by atoms with E-state index < -0.39 is 0 Å². The molecule has 164 valence electrons. The van der Waals surface area contributed by atoms with Gasteiger partial charge in [0.15, 0.2) is 0 Å². The maximum absolute atomic E-state index is 13.1. The number of fused-ring (bicyclic) bond motifs is 1. The van der Waals surface area contributed by atoms with Crippen molar-refractivity contribution in [3.05, 3.63) is 76.2 Å². The normalized spacial score (nSPS) is 10.8. The number of aryl methyl sites for hydroxylation is 1. The Morgan fingerprint density at radius 1 is 1.09 bits per heavy atom.